The van der Waals surface area contributed by atoms with Crippen LogP contribution in [-0.2, 0) is 4.79 Å². The molecule has 20 heavy (non-hydrogen) atoms. The summed E-state index contributed by atoms with van der Waals surface area (Å²) >= 11 is 0. The van der Waals surface area contributed by atoms with E-state index in [0.29, 0.717) is 12.0 Å². The predicted molar refractivity (Wildman–Crippen MR) is 75.4 cm³/mol. The van der Waals surface area contributed by atoms with Gasteiger partial charge in [0.1, 0.15) is 12.0 Å². The fraction of sp³-hybridized carbons (Fsp3) is 0.562. The van der Waals surface area contributed by atoms with Crippen molar-refractivity contribution in [2.24, 2.45) is 5.92 Å². The van der Waals surface area contributed by atoms with Crippen LogP contribution in [0.5, 0.6) is 0 Å². The number of carbonyl (C=O) groups excluding carboxylic acids is 1. The summed E-state index contributed by atoms with van der Waals surface area (Å²) in [6.45, 7) is 4.24. The molecule has 1 aliphatic carbocycles. The van der Waals surface area contributed by atoms with Crippen molar-refractivity contribution in [3.63, 3.8) is 0 Å². The molecule has 1 N–H and O–H groups in total. The summed E-state index contributed by atoms with van der Waals surface area (Å²) in [6, 6.07) is 6.75. The topological polar surface area (TPSA) is 32.3 Å². The summed E-state index contributed by atoms with van der Waals surface area (Å²) in [5.41, 5.74) is 0.844. The Balaban J connectivity index is 1.89. The normalized spacial score (nSPS) is 32.8. The second kappa shape index (κ2) is 5.17. The zero-order chi connectivity index (χ0) is 14.3. The van der Waals surface area contributed by atoms with Crippen LogP contribution in [0.1, 0.15) is 44.8 Å². The molecule has 4 heteroatoms. The van der Waals surface area contributed by atoms with E-state index in [1.807, 2.05) is 11.0 Å². The Hall–Kier alpha value is -1.42. The first-order valence-corrected chi connectivity index (χ1v) is 7.45. The van der Waals surface area contributed by atoms with E-state index in [1.54, 1.807) is 6.07 Å². The summed E-state index contributed by atoms with van der Waals surface area (Å²) in [4.78, 5) is 14.5. The summed E-state index contributed by atoms with van der Waals surface area (Å²) in [5.74, 6) is 0.479. The van der Waals surface area contributed by atoms with E-state index in [9.17, 15) is 9.18 Å². The third kappa shape index (κ3) is 2.33. The van der Waals surface area contributed by atoms with Crippen LogP contribution in [0.3, 0.4) is 0 Å². The van der Waals surface area contributed by atoms with Gasteiger partial charge in [0.2, 0.25) is 5.91 Å². The number of carbonyl (C=O) groups is 1. The molecule has 1 heterocycles. The molecule has 3 rings (SSSR count). The number of halogens is 1. The second-order valence-electron chi connectivity index (χ2n) is 5.99. The maximum Gasteiger partial charge on any atom is 0.241 e. The van der Waals surface area contributed by atoms with Crippen LogP contribution >= 0.6 is 0 Å². The summed E-state index contributed by atoms with van der Waals surface area (Å²) in [5, 5.41) is 3.39. The molecule has 1 amide bonds. The van der Waals surface area contributed by atoms with Gasteiger partial charge in [-0.15, -0.1) is 0 Å². The molecule has 4 atom stereocenters. The molecule has 3 nitrogen and oxygen atoms in total. The SMILES string of the molecule is CCCC1NC(c2cccc(F)c2)N(C2CC2C)C1=O. The van der Waals surface area contributed by atoms with Gasteiger partial charge in [0.15, 0.2) is 0 Å². The van der Waals surface area contributed by atoms with Crippen LogP contribution < -0.4 is 5.32 Å². The molecular weight excluding hydrogens is 255 g/mol. The van der Waals surface area contributed by atoms with Gasteiger partial charge in [-0.05, 0) is 36.5 Å². The molecule has 2 fully saturated rings. The Bertz CT molecular complexity index is 519. The molecule has 1 saturated heterocycles. The summed E-state index contributed by atoms with van der Waals surface area (Å²) in [6.07, 6.45) is 2.68. The van der Waals surface area contributed by atoms with Crippen LogP contribution in [0.4, 0.5) is 4.39 Å². The third-order valence-corrected chi connectivity index (χ3v) is 4.36. The lowest BCUT2D eigenvalue weighted by molar-refractivity contribution is -0.131. The van der Waals surface area contributed by atoms with Crippen LogP contribution in [-0.4, -0.2) is 22.9 Å². The lowest BCUT2D eigenvalue weighted by Crippen LogP contribution is -2.33. The Kier molecular flexibility index (Phi) is 3.50. The van der Waals surface area contributed by atoms with E-state index in [1.165, 1.54) is 12.1 Å². The van der Waals surface area contributed by atoms with Crippen molar-refractivity contribution >= 4 is 5.91 Å². The van der Waals surface area contributed by atoms with Gasteiger partial charge < -0.3 is 4.90 Å². The first-order chi connectivity index (χ1) is 9.61. The third-order valence-electron chi connectivity index (χ3n) is 4.36. The highest BCUT2D eigenvalue weighted by molar-refractivity contribution is 5.85. The highest BCUT2D eigenvalue weighted by atomic mass is 19.1. The lowest BCUT2D eigenvalue weighted by Gasteiger charge is -2.25. The van der Waals surface area contributed by atoms with Crippen molar-refractivity contribution in [2.45, 2.75) is 51.4 Å². The highest BCUT2D eigenvalue weighted by Crippen LogP contribution is 2.42. The maximum atomic E-state index is 13.5. The van der Waals surface area contributed by atoms with Crippen molar-refractivity contribution in [1.82, 2.24) is 10.2 Å². The van der Waals surface area contributed by atoms with Crippen molar-refractivity contribution in [2.75, 3.05) is 0 Å². The highest BCUT2D eigenvalue weighted by Gasteiger charge is 2.49. The van der Waals surface area contributed by atoms with E-state index in [-0.39, 0.29) is 23.9 Å². The minimum atomic E-state index is -0.250. The van der Waals surface area contributed by atoms with E-state index < -0.39 is 0 Å². The van der Waals surface area contributed by atoms with Gasteiger partial charge in [-0.25, -0.2) is 4.39 Å². The maximum absolute atomic E-state index is 13.5. The molecule has 0 spiro atoms. The van der Waals surface area contributed by atoms with Crippen molar-refractivity contribution < 1.29 is 9.18 Å². The van der Waals surface area contributed by atoms with Gasteiger partial charge in [-0.1, -0.05) is 32.4 Å². The molecule has 0 aromatic heterocycles. The summed E-state index contributed by atoms with van der Waals surface area (Å²) in [7, 11) is 0. The monoisotopic (exact) mass is 276 g/mol. The average molecular weight is 276 g/mol. The van der Waals surface area contributed by atoms with Crippen molar-refractivity contribution in [3.8, 4) is 0 Å². The van der Waals surface area contributed by atoms with E-state index >= 15 is 0 Å². The van der Waals surface area contributed by atoms with Gasteiger partial charge in [0.05, 0.1) is 6.04 Å². The minimum absolute atomic E-state index is 0.124. The van der Waals surface area contributed by atoms with Gasteiger partial charge in [0.25, 0.3) is 0 Å². The number of hydrogen-bond acceptors (Lipinski definition) is 2. The van der Waals surface area contributed by atoms with Crippen LogP contribution in [0.25, 0.3) is 0 Å². The van der Waals surface area contributed by atoms with Gasteiger partial charge in [-0.3, -0.25) is 10.1 Å². The number of benzene rings is 1. The number of nitrogens with one attached hydrogen (secondary N) is 1. The lowest BCUT2D eigenvalue weighted by atomic mass is 10.1. The average Bonchev–Trinajstić information content (AvgIpc) is 3.04. The molecule has 1 saturated carbocycles. The molecule has 1 aromatic carbocycles. The largest absolute Gasteiger partial charge is 0.318 e. The number of amides is 1. The van der Waals surface area contributed by atoms with E-state index in [2.05, 4.69) is 19.2 Å². The number of hydrogen-bond donors (Lipinski definition) is 1. The van der Waals surface area contributed by atoms with Gasteiger partial charge in [0, 0.05) is 6.04 Å². The Labute approximate surface area is 119 Å². The van der Waals surface area contributed by atoms with E-state index in [4.69, 9.17) is 0 Å². The molecule has 1 aromatic rings. The van der Waals surface area contributed by atoms with Crippen molar-refractivity contribution in [1.29, 1.82) is 0 Å². The zero-order valence-electron chi connectivity index (χ0n) is 12.0. The molecule has 1 aliphatic heterocycles. The summed E-state index contributed by atoms with van der Waals surface area (Å²) < 4.78 is 13.5. The predicted octanol–water partition coefficient (Wildman–Crippen LogP) is 2.83. The number of nitrogens with zero attached hydrogens (tertiary/aromatic N) is 1. The molecule has 2 aliphatic rings. The molecule has 0 bridgehead atoms. The fourth-order valence-corrected chi connectivity index (χ4v) is 3.12. The molecule has 108 valence electrons. The first kappa shape index (κ1) is 13.6. The van der Waals surface area contributed by atoms with E-state index in [0.717, 1.165) is 24.8 Å². The van der Waals surface area contributed by atoms with Gasteiger partial charge in [-0.2, -0.15) is 0 Å². The Morgan fingerprint density at radius 2 is 2.20 bits per heavy atom. The quantitative estimate of drug-likeness (QED) is 0.917. The zero-order valence-corrected chi connectivity index (χ0v) is 12.0. The first-order valence-electron chi connectivity index (χ1n) is 7.45. The Morgan fingerprint density at radius 3 is 2.80 bits per heavy atom. The van der Waals surface area contributed by atoms with Crippen LogP contribution in [0, 0.1) is 11.7 Å². The number of rotatable bonds is 4. The molecule has 0 radical (unpaired) electrons. The van der Waals surface area contributed by atoms with Crippen LogP contribution in [0.2, 0.25) is 0 Å². The second-order valence-corrected chi connectivity index (χ2v) is 5.99. The standard InChI is InChI=1S/C16H21FN2O/c1-3-5-13-16(20)19(14-8-10(14)2)15(18-13)11-6-4-7-12(17)9-11/h4,6-7,9-10,13-15,18H,3,5,8H2,1-2H3. The Morgan fingerprint density at radius 1 is 1.45 bits per heavy atom. The fourth-order valence-electron chi connectivity index (χ4n) is 3.12. The minimum Gasteiger partial charge on any atom is -0.318 e. The van der Waals surface area contributed by atoms with Crippen molar-refractivity contribution in [3.05, 3.63) is 35.6 Å². The van der Waals surface area contributed by atoms with Crippen LogP contribution in [0.15, 0.2) is 24.3 Å². The van der Waals surface area contributed by atoms with Gasteiger partial charge >= 0.3 is 0 Å². The molecule has 4 unspecified atom stereocenters. The smallest absolute Gasteiger partial charge is 0.241 e. The molecular formula is C16H21FN2O.